The Bertz CT molecular complexity index is 656. The minimum atomic E-state index is -0.457. The predicted octanol–water partition coefficient (Wildman–Crippen LogP) is 3.36. The van der Waals surface area contributed by atoms with E-state index in [4.69, 9.17) is 0 Å². The summed E-state index contributed by atoms with van der Waals surface area (Å²) in [6, 6.07) is 15.5. The van der Waals surface area contributed by atoms with Crippen molar-refractivity contribution in [3.05, 3.63) is 70.3 Å². The molecule has 5 heteroatoms. The van der Waals surface area contributed by atoms with Crippen molar-refractivity contribution in [2.45, 2.75) is 12.8 Å². The first-order valence-corrected chi connectivity index (χ1v) is 6.57. The van der Waals surface area contributed by atoms with Crippen molar-refractivity contribution < 1.29 is 9.72 Å². The van der Waals surface area contributed by atoms with E-state index in [2.05, 4.69) is 0 Å². The number of benzene rings is 2. The minimum absolute atomic E-state index is 0.00508. The Morgan fingerprint density at radius 3 is 2.43 bits per heavy atom. The normalized spacial score (nSPS) is 11.7. The first kappa shape index (κ1) is 14.7. The first-order valence-electron chi connectivity index (χ1n) is 6.57. The third kappa shape index (κ3) is 3.25. The number of hydrogen-bond donors (Lipinski definition) is 0. The van der Waals surface area contributed by atoms with Gasteiger partial charge in [-0.3, -0.25) is 14.9 Å². The summed E-state index contributed by atoms with van der Waals surface area (Å²) < 4.78 is 0. The molecule has 0 aromatic heterocycles. The lowest BCUT2D eigenvalue weighted by Gasteiger charge is -2.21. The summed E-state index contributed by atoms with van der Waals surface area (Å²) in [6.07, 6.45) is 0. The lowest BCUT2D eigenvalue weighted by atomic mass is 9.99. The highest BCUT2D eigenvalue weighted by molar-refractivity contribution is 5.97. The maximum atomic E-state index is 12.5. The van der Waals surface area contributed by atoms with Gasteiger partial charge in [-0.05, 0) is 24.6 Å². The average Bonchev–Trinajstić information content (AvgIpc) is 2.53. The highest BCUT2D eigenvalue weighted by Gasteiger charge is 2.21. The fourth-order valence-electron chi connectivity index (χ4n) is 2.12. The zero-order valence-corrected chi connectivity index (χ0v) is 11.9. The maximum Gasteiger partial charge on any atom is 0.269 e. The van der Waals surface area contributed by atoms with Crippen molar-refractivity contribution in [3.63, 3.8) is 0 Å². The molecule has 0 aliphatic rings. The highest BCUT2D eigenvalue weighted by Crippen LogP contribution is 2.24. The van der Waals surface area contributed by atoms with Crippen LogP contribution in [0.25, 0.3) is 0 Å². The second-order valence-electron chi connectivity index (χ2n) is 4.81. The Kier molecular flexibility index (Phi) is 4.33. The number of anilines is 1. The summed E-state index contributed by atoms with van der Waals surface area (Å²) in [6.45, 7) is 1.75. The third-order valence-electron chi connectivity index (χ3n) is 3.43. The van der Waals surface area contributed by atoms with Crippen LogP contribution in [0.1, 0.15) is 18.4 Å². The van der Waals surface area contributed by atoms with Crippen LogP contribution in [0, 0.1) is 10.1 Å². The van der Waals surface area contributed by atoms with Gasteiger partial charge in [0, 0.05) is 24.9 Å². The second kappa shape index (κ2) is 6.17. The number of carbonyl (C=O) groups is 1. The van der Waals surface area contributed by atoms with E-state index >= 15 is 0 Å². The van der Waals surface area contributed by atoms with Gasteiger partial charge in [-0.15, -0.1) is 0 Å². The summed E-state index contributed by atoms with van der Waals surface area (Å²) in [5.41, 5.74) is 1.42. The SMILES string of the molecule is C[C@H](C(=O)N(C)c1ccccc1)c1cccc([N+](=O)[O-])c1. The Labute approximate surface area is 123 Å². The van der Waals surface area contributed by atoms with Crippen LogP contribution in [0.5, 0.6) is 0 Å². The van der Waals surface area contributed by atoms with E-state index in [-0.39, 0.29) is 11.6 Å². The van der Waals surface area contributed by atoms with Crippen molar-refractivity contribution in [1.82, 2.24) is 0 Å². The number of non-ortho nitro benzene ring substituents is 1. The standard InChI is InChI=1S/C16H16N2O3/c1-12(13-7-6-10-15(11-13)18(20)21)16(19)17(2)14-8-4-3-5-9-14/h3-12H,1-2H3/t12-/m0/s1. The van der Waals surface area contributed by atoms with Crippen molar-refractivity contribution in [1.29, 1.82) is 0 Å². The number of para-hydroxylation sites is 1. The molecule has 0 spiro atoms. The van der Waals surface area contributed by atoms with Gasteiger partial charge in [0.15, 0.2) is 0 Å². The molecule has 0 fully saturated rings. The maximum absolute atomic E-state index is 12.5. The zero-order valence-electron chi connectivity index (χ0n) is 11.9. The Morgan fingerprint density at radius 1 is 1.14 bits per heavy atom. The Morgan fingerprint density at radius 2 is 1.81 bits per heavy atom. The fourth-order valence-corrected chi connectivity index (χ4v) is 2.12. The van der Waals surface area contributed by atoms with E-state index in [1.807, 2.05) is 30.3 Å². The molecular weight excluding hydrogens is 268 g/mol. The van der Waals surface area contributed by atoms with Gasteiger partial charge in [-0.1, -0.05) is 30.3 Å². The van der Waals surface area contributed by atoms with Crippen molar-refractivity contribution in [2.75, 3.05) is 11.9 Å². The van der Waals surface area contributed by atoms with E-state index in [1.54, 1.807) is 31.0 Å². The molecule has 0 radical (unpaired) electrons. The van der Waals surface area contributed by atoms with E-state index in [9.17, 15) is 14.9 Å². The molecule has 0 heterocycles. The minimum Gasteiger partial charge on any atom is -0.315 e. The second-order valence-corrected chi connectivity index (χ2v) is 4.81. The molecule has 1 amide bonds. The van der Waals surface area contributed by atoms with Gasteiger partial charge in [0.05, 0.1) is 10.8 Å². The topological polar surface area (TPSA) is 63.5 Å². The fraction of sp³-hybridized carbons (Fsp3) is 0.188. The molecule has 0 unspecified atom stereocenters. The monoisotopic (exact) mass is 284 g/mol. The number of nitrogens with zero attached hydrogens (tertiary/aromatic N) is 2. The zero-order chi connectivity index (χ0) is 15.4. The van der Waals surface area contributed by atoms with Crippen LogP contribution in [0.4, 0.5) is 11.4 Å². The van der Waals surface area contributed by atoms with Gasteiger partial charge < -0.3 is 4.90 Å². The van der Waals surface area contributed by atoms with E-state index in [1.165, 1.54) is 12.1 Å². The summed E-state index contributed by atoms with van der Waals surface area (Å²) >= 11 is 0. The molecule has 1 atom stereocenters. The van der Waals surface area contributed by atoms with Crippen LogP contribution < -0.4 is 4.90 Å². The number of rotatable bonds is 4. The number of nitro benzene ring substituents is 1. The molecule has 0 N–H and O–H groups in total. The molecule has 2 aromatic rings. The largest absolute Gasteiger partial charge is 0.315 e. The van der Waals surface area contributed by atoms with Crippen LogP contribution in [-0.4, -0.2) is 17.9 Å². The quantitative estimate of drug-likeness (QED) is 0.638. The van der Waals surface area contributed by atoms with Gasteiger partial charge in [0.2, 0.25) is 5.91 Å². The molecule has 0 saturated carbocycles. The lowest BCUT2D eigenvalue weighted by molar-refractivity contribution is -0.384. The molecule has 5 nitrogen and oxygen atoms in total. The van der Waals surface area contributed by atoms with Crippen molar-refractivity contribution >= 4 is 17.3 Å². The van der Waals surface area contributed by atoms with Crippen LogP contribution in [-0.2, 0) is 4.79 Å². The van der Waals surface area contributed by atoms with Gasteiger partial charge in [0.1, 0.15) is 0 Å². The molecule has 0 bridgehead atoms. The number of carbonyl (C=O) groups excluding carboxylic acids is 1. The van der Waals surface area contributed by atoms with Crippen LogP contribution in [0.3, 0.4) is 0 Å². The van der Waals surface area contributed by atoms with Crippen LogP contribution >= 0.6 is 0 Å². The Hall–Kier alpha value is -2.69. The van der Waals surface area contributed by atoms with Gasteiger partial charge >= 0.3 is 0 Å². The molecule has 2 aromatic carbocycles. The molecular formula is C16H16N2O3. The highest BCUT2D eigenvalue weighted by atomic mass is 16.6. The van der Waals surface area contributed by atoms with Gasteiger partial charge in [-0.2, -0.15) is 0 Å². The van der Waals surface area contributed by atoms with Crippen LogP contribution in [0.15, 0.2) is 54.6 Å². The summed E-state index contributed by atoms with van der Waals surface area (Å²) in [4.78, 5) is 24.4. The van der Waals surface area contributed by atoms with Crippen molar-refractivity contribution in [2.24, 2.45) is 0 Å². The molecule has 0 aliphatic carbocycles. The first-order chi connectivity index (χ1) is 10.0. The number of likely N-dealkylation sites (N-methyl/N-ethyl adjacent to an activating group) is 1. The number of hydrogen-bond acceptors (Lipinski definition) is 3. The summed E-state index contributed by atoms with van der Waals surface area (Å²) in [5.74, 6) is -0.559. The molecule has 0 aliphatic heterocycles. The predicted molar refractivity (Wildman–Crippen MR) is 81.4 cm³/mol. The molecule has 21 heavy (non-hydrogen) atoms. The number of nitro groups is 1. The number of amides is 1. The molecule has 2 rings (SSSR count). The van der Waals surface area contributed by atoms with Gasteiger partial charge in [-0.25, -0.2) is 0 Å². The smallest absolute Gasteiger partial charge is 0.269 e. The lowest BCUT2D eigenvalue weighted by Crippen LogP contribution is -2.30. The third-order valence-corrected chi connectivity index (χ3v) is 3.43. The average molecular weight is 284 g/mol. The van der Waals surface area contributed by atoms with Crippen LogP contribution in [0.2, 0.25) is 0 Å². The van der Waals surface area contributed by atoms with Crippen molar-refractivity contribution in [3.8, 4) is 0 Å². The Balaban J connectivity index is 2.23. The van der Waals surface area contributed by atoms with E-state index in [0.29, 0.717) is 5.56 Å². The van der Waals surface area contributed by atoms with E-state index < -0.39 is 10.8 Å². The van der Waals surface area contributed by atoms with Gasteiger partial charge in [0.25, 0.3) is 5.69 Å². The molecule has 108 valence electrons. The summed E-state index contributed by atoms with van der Waals surface area (Å²) in [7, 11) is 1.70. The molecule has 0 saturated heterocycles. The van der Waals surface area contributed by atoms with E-state index in [0.717, 1.165) is 5.69 Å². The summed E-state index contributed by atoms with van der Waals surface area (Å²) in [5, 5.41) is 10.8.